The fourth-order valence-electron chi connectivity index (χ4n) is 2.25. The number of halogens is 2. The molecule has 0 heterocycles. The smallest absolute Gasteiger partial charge is 0.146 e. The van der Waals surface area contributed by atoms with Gasteiger partial charge in [0.1, 0.15) is 5.82 Å². The molecule has 0 aromatic heterocycles. The van der Waals surface area contributed by atoms with Crippen LogP contribution in [-0.4, -0.2) is 6.04 Å². The molecule has 1 nitrogen and oxygen atoms in total. The van der Waals surface area contributed by atoms with Crippen LogP contribution in [0.15, 0.2) is 18.2 Å². The number of nitrogens with one attached hydrogen (secondary N) is 1. The van der Waals surface area contributed by atoms with Crippen LogP contribution in [0, 0.1) is 5.82 Å². The highest BCUT2D eigenvalue weighted by Gasteiger charge is 2.13. The average molecular weight is 242 g/mol. The Hall–Kier alpha value is -0.760. The maximum absolute atomic E-state index is 13.5. The van der Waals surface area contributed by atoms with Crippen molar-refractivity contribution < 1.29 is 4.39 Å². The van der Waals surface area contributed by atoms with E-state index in [-0.39, 0.29) is 5.82 Å². The number of anilines is 1. The van der Waals surface area contributed by atoms with Gasteiger partial charge in [0.2, 0.25) is 0 Å². The third-order valence-electron chi connectivity index (χ3n) is 3.14. The highest BCUT2D eigenvalue weighted by Crippen LogP contribution is 2.24. The summed E-state index contributed by atoms with van der Waals surface area (Å²) in [6.07, 6.45) is 7.34. The topological polar surface area (TPSA) is 12.0 Å². The summed E-state index contributed by atoms with van der Waals surface area (Å²) >= 11 is 5.86. The summed E-state index contributed by atoms with van der Waals surface area (Å²) in [5.74, 6) is -0.214. The van der Waals surface area contributed by atoms with Gasteiger partial charge in [-0.2, -0.15) is 0 Å². The van der Waals surface area contributed by atoms with Gasteiger partial charge in [-0.1, -0.05) is 37.3 Å². The summed E-state index contributed by atoms with van der Waals surface area (Å²) in [6.45, 7) is 0. The second-order valence-corrected chi connectivity index (χ2v) is 4.89. The quantitative estimate of drug-likeness (QED) is 0.746. The molecule has 0 bridgehead atoms. The first-order valence-corrected chi connectivity index (χ1v) is 6.35. The SMILES string of the molecule is Fc1ccc(Cl)cc1NC1CCCCCC1. The molecule has 1 aromatic rings. The highest BCUT2D eigenvalue weighted by molar-refractivity contribution is 6.30. The van der Waals surface area contributed by atoms with Gasteiger partial charge in [0.25, 0.3) is 0 Å². The van der Waals surface area contributed by atoms with Crippen LogP contribution < -0.4 is 5.32 Å². The molecule has 3 heteroatoms. The first-order chi connectivity index (χ1) is 7.75. The maximum atomic E-state index is 13.5. The van der Waals surface area contributed by atoms with Crippen LogP contribution in [0.2, 0.25) is 5.02 Å². The zero-order valence-corrected chi connectivity index (χ0v) is 10.1. The fourth-order valence-corrected chi connectivity index (χ4v) is 2.42. The van der Waals surface area contributed by atoms with Crippen LogP contribution >= 0.6 is 11.6 Å². The van der Waals surface area contributed by atoms with Crippen molar-refractivity contribution in [3.8, 4) is 0 Å². The predicted octanol–water partition coefficient (Wildman–Crippen LogP) is 4.61. The molecule has 1 aliphatic rings. The minimum absolute atomic E-state index is 0.214. The summed E-state index contributed by atoms with van der Waals surface area (Å²) in [7, 11) is 0. The Bertz CT molecular complexity index is 346. The molecule has 88 valence electrons. The van der Waals surface area contributed by atoms with E-state index >= 15 is 0 Å². The van der Waals surface area contributed by atoms with Crippen LogP contribution in [-0.2, 0) is 0 Å². The van der Waals surface area contributed by atoms with Gasteiger partial charge in [0, 0.05) is 11.1 Å². The lowest BCUT2D eigenvalue weighted by atomic mass is 10.1. The molecule has 0 radical (unpaired) electrons. The molecule has 1 aliphatic carbocycles. The largest absolute Gasteiger partial charge is 0.380 e. The van der Waals surface area contributed by atoms with Gasteiger partial charge in [0.15, 0.2) is 0 Å². The number of hydrogen-bond acceptors (Lipinski definition) is 1. The molecule has 0 aliphatic heterocycles. The lowest BCUT2D eigenvalue weighted by molar-refractivity contribution is 0.597. The Morgan fingerprint density at radius 2 is 1.81 bits per heavy atom. The number of rotatable bonds is 2. The molecule has 0 atom stereocenters. The second kappa shape index (κ2) is 5.53. The second-order valence-electron chi connectivity index (χ2n) is 4.46. The van der Waals surface area contributed by atoms with Gasteiger partial charge < -0.3 is 5.32 Å². The van der Waals surface area contributed by atoms with Gasteiger partial charge in [-0.05, 0) is 31.0 Å². The van der Waals surface area contributed by atoms with E-state index in [1.807, 2.05) is 0 Å². The zero-order chi connectivity index (χ0) is 11.4. The lowest BCUT2D eigenvalue weighted by Gasteiger charge is -2.18. The highest BCUT2D eigenvalue weighted by atomic mass is 35.5. The van der Waals surface area contributed by atoms with E-state index < -0.39 is 0 Å². The van der Waals surface area contributed by atoms with Crippen molar-refractivity contribution in [2.75, 3.05) is 5.32 Å². The molecule has 1 fully saturated rings. The third kappa shape index (κ3) is 3.11. The van der Waals surface area contributed by atoms with Crippen LogP contribution in [0.1, 0.15) is 38.5 Å². The maximum Gasteiger partial charge on any atom is 0.146 e. The van der Waals surface area contributed by atoms with Crippen LogP contribution in [0.3, 0.4) is 0 Å². The molecule has 16 heavy (non-hydrogen) atoms. The molecular formula is C13H17ClFN. The molecule has 0 saturated heterocycles. The summed E-state index contributed by atoms with van der Waals surface area (Å²) in [6, 6.07) is 5.06. The van der Waals surface area contributed by atoms with Crippen molar-refractivity contribution in [2.45, 2.75) is 44.6 Å². The van der Waals surface area contributed by atoms with E-state index in [9.17, 15) is 4.39 Å². The zero-order valence-electron chi connectivity index (χ0n) is 9.31. The summed E-state index contributed by atoms with van der Waals surface area (Å²) < 4.78 is 13.5. The minimum Gasteiger partial charge on any atom is -0.380 e. The Labute approximate surface area is 101 Å². The molecule has 1 saturated carbocycles. The fraction of sp³-hybridized carbons (Fsp3) is 0.538. The van der Waals surface area contributed by atoms with E-state index in [0.29, 0.717) is 16.8 Å². The Kier molecular flexibility index (Phi) is 4.05. The van der Waals surface area contributed by atoms with Crippen molar-refractivity contribution in [3.63, 3.8) is 0 Å². The minimum atomic E-state index is -0.214. The lowest BCUT2D eigenvalue weighted by Crippen LogP contribution is -2.18. The van der Waals surface area contributed by atoms with Crippen LogP contribution in [0.25, 0.3) is 0 Å². The van der Waals surface area contributed by atoms with Gasteiger partial charge in [-0.15, -0.1) is 0 Å². The molecule has 1 aromatic carbocycles. The van der Waals surface area contributed by atoms with Crippen LogP contribution in [0.5, 0.6) is 0 Å². The van der Waals surface area contributed by atoms with E-state index in [4.69, 9.17) is 11.6 Å². The molecule has 0 unspecified atom stereocenters. The predicted molar refractivity (Wildman–Crippen MR) is 66.5 cm³/mol. The van der Waals surface area contributed by atoms with Crippen molar-refractivity contribution in [3.05, 3.63) is 29.0 Å². The summed E-state index contributed by atoms with van der Waals surface area (Å²) in [5.41, 5.74) is 0.541. The summed E-state index contributed by atoms with van der Waals surface area (Å²) in [4.78, 5) is 0. The van der Waals surface area contributed by atoms with E-state index in [1.54, 1.807) is 12.1 Å². The van der Waals surface area contributed by atoms with E-state index in [1.165, 1.54) is 31.7 Å². The molecule has 0 amide bonds. The molecule has 1 N–H and O–H groups in total. The Morgan fingerprint density at radius 3 is 2.50 bits per heavy atom. The van der Waals surface area contributed by atoms with Crippen molar-refractivity contribution in [1.29, 1.82) is 0 Å². The number of benzene rings is 1. The monoisotopic (exact) mass is 241 g/mol. The normalized spacial score (nSPS) is 18.1. The van der Waals surface area contributed by atoms with Crippen molar-refractivity contribution >= 4 is 17.3 Å². The van der Waals surface area contributed by atoms with Crippen molar-refractivity contribution in [1.82, 2.24) is 0 Å². The standard InChI is InChI=1S/C13H17ClFN/c14-10-7-8-12(15)13(9-10)16-11-5-3-1-2-4-6-11/h7-9,11,16H,1-6H2. The van der Waals surface area contributed by atoms with Crippen molar-refractivity contribution in [2.24, 2.45) is 0 Å². The van der Waals surface area contributed by atoms with E-state index in [2.05, 4.69) is 5.32 Å². The average Bonchev–Trinajstić information content (AvgIpc) is 2.52. The molecule has 0 spiro atoms. The first kappa shape index (κ1) is 11.7. The van der Waals surface area contributed by atoms with Gasteiger partial charge >= 0.3 is 0 Å². The molecule has 2 rings (SSSR count). The third-order valence-corrected chi connectivity index (χ3v) is 3.38. The Balaban J connectivity index is 2.04. The summed E-state index contributed by atoms with van der Waals surface area (Å²) in [5, 5.41) is 3.85. The van der Waals surface area contributed by atoms with Crippen LogP contribution in [0.4, 0.5) is 10.1 Å². The first-order valence-electron chi connectivity index (χ1n) is 5.97. The van der Waals surface area contributed by atoms with E-state index in [0.717, 1.165) is 12.8 Å². The Morgan fingerprint density at radius 1 is 1.12 bits per heavy atom. The molecular weight excluding hydrogens is 225 g/mol. The van der Waals surface area contributed by atoms with Gasteiger partial charge in [-0.25, -0.2) is 4.39 Å². The van der Waals surface area contributed by atoms with Gasteiger partial charge in [-0.3, -0.25) is 0 Å². The van der Waals surface area contributed by atoms with Gasteiger partial charge in [0.05, 0.1) is 5.69 Å². The number of hydrogen-bond donors (Lipinski definition) is 1.